The molecule has 1 atom stereocenters. The Balaban J connectivity index is 2.07. The predicted molar refractivity (Wildman–Crippen MR) is 104 cm³/mol. The Bertz CT molecular complexity index is 863. The highest BCUT2D eigenvalue weighted by atomic mass is 32.2. The highest BCUT2D eigenvalue weighted by Gasteiger charge is 2.22. The summed E-state index contributed by atoms with van der Waals surface area (Å²) in [7, 11) is 4.24. The summed E-state index contributed by atoms with van der Waals surface area (Å²) in [5.41, 5.74) is 1.33. The van der Waals surface area contributed by atoms with E-state index in [0.717, 1.165) is 42.4 Å². The average Bonchev–Trinajstić information content (AvgIpc) is 2.95. The third-order valence-corrected chi connectivity index (χ3v) is 6.73. The molecule has 5 nitrogen and oxygen atoms in total. The van der Waals surface area contributed by atoms with Crippen molar-refractivity contribution in [2.24, 2.45) is 0 Å². The molecule has 0 aliphatic heterocycles. The first-order valence-electron chi connectivity index (χ1n) is 8.91. The second-order valence-corrected chi connectivity index (χ2v) is 9.33. The SMILES string of the molecule is C[C@@H](C#N)Sc1nc2sc3c(c2c(=O)n1CCC[NH+](C)C)CCCC3. The van der Waals surface area contributed by atoms with E-state index in [4.69, 9.17) is 10.2 Å². The number of thioether (sulfide) groups is 1. The molecule has 0 unspecified atom stereocenters. The van der Waals surface area contributed by atoms with E-state index in [1.165, 1.54) is 33.5 Å². The lowest BCUT2D eigenvalue weighted by Gasteiger charge is -2.14. The van der Waals surface area contributed by atoms with Crippen LogP contribution in [0.2, 0.25) is 0 Å². The zero-order chi connectivity index (χ0) is 18.0. The normalized spacial score (nSPS) is 15.3. The molecule has 2 heterocycles. The number of hydrogen-bond acceptors (Lipinski definition) is 5. The number of nitrogens with zero attached hydrogens (tertiary/aromatic N) is 3. The number of aromatic nitrogens is 2. The van der Waals surface area contributed by atoms with Crippen LogP contribution in [0.5, 0.6) is 0 Å². The van der Waals surface area contributed by atoms with Crippen LogP contribution in [0.15, 0.2) is 9.95 Å². The summed E-state index contributed by atoms with van der Waals surface area (Å²) < 4.78 is 1.81. The Morgan fingerprint density at radius 3 is 2.88 bits per heavy atom. The number of aryl methyl sites for hydroxylation is 2. The van der Waals surface area contributed by atoms with Crippen molar-refractivity contribution in [3.63, 3.8) is 0 Å². The first-order chi connectivity index (χ1) is 12.0. The lowest BCUT2D eigenvalue weighted by Crippen LogP contribution is -3.05. The lowest BCUT2D eigenvalue weighted by molar-refractivity contribution is -0.858. The predicted octanol–water partition coefficient (Wildman–Crippen LogP) is 1.88. The molecule has 1 aliphatic carbocycles. The van der Waals surface area contributed by atoms with Crippen LogP contribution in [0.25, 0.3) is 10.2 Å². The van der Waals surface area contributed by atoms with Crippen molar-refractivity contribution in [3.05, 3.63) is 20.8 Å². The van der Waals surface area contributed by atoms with Crippen LogP contribution >= 0.6 is 23.1 Å². The number of hydrogen-bond donors (Lipinski definition) is 1. The Labute approximate surface area is 156 Å². The summed E-state index contributed by atoms with van der Waals surface area (Å²) >= 11 is 3.07. The molecule has 134 valence electrons. The van der Waals surface area contributed by atoms with E-state index >= 15 is 0 Å². The summed E-state index contributed by atoms with van der Waals surface area (Å²) in [6, 6.07) is 2.24. The first kappa shape index (κ1) is 18.4. The number of quaternary nitrogens is 1. The third-order valence-electron chi connectivity index (χ3n) is 4.56. The molecule has 2 aromatic heterocycles. The number of thiophene rings is 1. The summed E-state index contributed by atoms with van der Waals surface area (Å²) in [4.78, 5) is 21.6. The van der Waals surface area contributed by atoms with E-state index in [0.29, 0.717) is 11.7 Å². The first-order valence-corrected chi connectivity index (χ1v) is 10.6. The van der Waals surface area contributed by atoms with Crippen molar-refractivity contribution >= 4 is 33.3 Å². The fourth-order valence-corrected chi connectivity index (χ4v) is 5.41. The van der Waals surface area contributed by atoms with E-state index in [9.17, 15) is 4.79 Å². The number of rotatable bonds is 6. The van der Waals surface area contributed by atoms with Crippen LogP contribution in [-0.2, 0) is 19.4 Å². The molecule has 0 aromatic carbocycles. The summed E-state index contributed by atoms with van der Waals surface area (Å²) in [6.07, 6.45) is 5.35. The molecule has 0 saturated heterocycles. The highest BCUT2D eigenvalue weighted by molar-refractivity contribution is 8.00. The lowest BCUT2D eigenvalue weighted by atomic mass is 9.97. The van der Waals surface area contributed by atoms with Gasteiger partial charge in [-0.05, 0) is 38.2 Å². The van der Waals surface area contributed by atoms with Crippen molar-refractivity contribution in [2.75, 3.05) is 20.6 Å². The van der Waals surface area contributed by atoms with Gasteiger partial charge in [-0.25, -0.2) is 4.98 Å². The van der Waals surface area contributed by atoms with E-state index in [2.05, 4.69) is 20.2 Å². The van der Waals surface area contributed by atoms with Gasteiger partial charge < -0.3 is 4.90 Å². The van der Waals surface area contributed by atoms with Gasteiger partial charge in [0.05, 0.1) is 37.3 Å². The topological polar surface area (TPSA) is 63.1 Å². The van der Waals surface area contributed by atoms with Gasteiger partial charge in [0.2, 0.25) is 0 Å². The van der Waals surface area contributed by atoms with Gasteiger partial charge in [0.1, 0.15) is 4.83 Å². The van der Waals surface area contributed by atoms with Crippen LogP contribution < -0.4 is 10.5 Å². The number of nitriles is 1. The van der Waals surface area contributed by atoms with Gasteiger partial charge in [-0.2, -0.15) is 5.26 Å². The van der Waals surface area contributed by atoms with Gasteiger partial charge >= 0.3 is 0 Å². The Morgan fingerprint density at radius 1 is 1.40 bits per heavy atom. The van der Waals surface area contributed by atoms with Gasteiger partial charge in [-0.15, -0.1) is 11.3 Å². The minimum Gasteiger partial charge on any atom is -0.340 e. The van der Waals surface area contributed by atoms with Gasteiger partial charge in [-0.1, -0.05) is 11.8 Å². The molecule has 7 heteroatoms. The smallest absolute Gasteiger partial charge is 0.263 e. The van der Waals surface area contributed by atoms with E-state index in [1.54, 1.807) is 11.3 Å². The van der Waals surface area contributed by atoms with Gasteiger partial charge in [0, 0.05) is 17.8 Å². The molecule has 0 bridgehead atoms. The summed E-state index contributed by atoms with van der Waals surface area (Å²) in [5.74, 6) is 0. The van der Waals surface area contributed by atoms with Gasteiger partial charge in [0.15, 0.2) is 5.16 Å². The fourth-order valence-electron chi connectivity index (χ4n) is 3.28. The minimum absolute atomic E-state index is 0.0887. The molecule has 1 aliphatic rings. The molecule has 1 N–H and O–H groups in total. The van der Waals surface area contributed by atoms with Gasteiger partial charge in [-0.3, -0.25) is 9.36 Å². The van der Waals surface area contributed by atoms with Crippen molar-refractivity contribution in [1.82, 2.24) is 9.55 Å². The van der Waals surface area contributed by atoms with Gasteiger partial charge in [0.25, 0.3) is 5.56 Å². The van der Waals surface area contributed by atoms with E-state index in [1.807, 2.05) is 11.5 Å². The molecule has 2 aromatic rings. The largest absolute Gasteiger partial charge is 0.340 e. The van der Waals surface area contributed by atoms with Crippen molar-refractivity contribution in [3.8, 4) is 6.07 Å². The molecule has 25 heavy (non-hydrogen) atoms. The maximum Gasteiger partial charge on any atom is 0.263 e. The summed E-state index contributed by atoms with van der Waals surface area (Å²) in [5, 5.41) is 10.5. The molecule has 3 rings (SSSR count). The number of nitrogens with one attached hydrogen (secondary N) is 1. The van der Waals surface area contributed by atoms with Crippen LogP contribution in [0.3, 0.4) is 0 Å². The van der Waals surface area contributed by atoms with Crippen LogP contribution in [0, 0.1) is 11.3 Å². The maximum absolute atomic E-state index is 13.3. The third kappa shape index (κ3) is 3.91. The quantitative estimate of drug-likeness (QED) is 0.617. The van der Waals surface area contributed by atoms with E-state index in [-0.39, 0.29) is 10.8 Å². The standard InChI is InChI=1S/C18H24N4OS2/c1-12(11-19)24-18-20-16-15(13-7-4-5-8-14(13)25-16)17(23)22(18)10-6-9-21(2)3/h12H,4-10H2,1-3H3/p+1/t12-/m0/s1. The van der Waals surface area contributed by atoms with Crippen LogP contribution in [0.4, 0.5) is 0 Å². The van der Waals surface area contributed by atoms with Crippen molar-refractivity contribution in [2.45, 2.75) is 56.0 Å². The molecular formula is C18H25N4OS2+. The Kier molecular flexibility index (Phi) is 5.82. The molecule has 0 spiro atoms. The van der Waals surface area contributed by atoms with Crippen molar-refractivity contribution < 1.29 is 4.90 Å². The zero-order valence-electron chi connectivity index (χ0n) is 15.1. The molecule has 0 amide bonds. The second kappa shape index (κ2) is 7.90. The molecular weight excluding hydrogens is 352 g/mol. The van der Waals surface area contributed by atoms with E-state index < -0.39 is 0 Å². The average molecular weight is 378 g/mol. The second-order valence-electron chi connectivity index (χ2n) is 6.94. The maximum atomic E-state index is 13.3. The van der Waals surface area contributed by atoms with Crippen LogP contribution in [-0.4, -0.2) is 35.4 Å². The Hall–Kier alpha value is -1.36. The minimum atomic E-state index is -0.218. The monoisotopic (exact) mass is 377 g/mol. The summed E-state index contributed by atoms with van der Waals surface area (Å²) in [6.45, 7) is 3.52. The van der Waals surface area contributed by atoms with Crippen molar-refractivity contribution in [1.29, 1.82) is 5.26 Å². The highest BCUT2D eigenvalue weighted by Crippen LogP contribution is 2.35. The van der Waals surface area contributed by atoms with Crippen LogP contribution in [0.1, 0.15) is 36.6 Å². The Morgan fingerprint density at radius 2 is 2.16 bits per heavy atom. The zero-order valence-corrected chi connectivity index (χ0v) is 16.7. The fraction of sp³-hybridized carbons (Fsp3) is 0.611. The number of fused-ring (bicyclic) bond motifs is 3. The molecule has 0 saturated carbocycles. The molecule has 0 radical (unpaired) electrons. The molecule has 0 fully saturated rings.